The molecule has 1 saturated carbocycles. The molecule has 1 aliphatic carbocycles. The Labute approximate surface area is 164 Å². The summed E-state index contributed by atoms with van der Waals surface area (Å²) in [4.78, 5) is 9.56. The smallest absolute Gasteiger partial charge is 0.190 e. The van der Waals surface area contributed by atoms with E-state index < -0.39 is 0 Å². The number of furan rings is 1. The van der Waals surface area contributed by atoms with Gasteiger partial charge in [-0.1, -0.05) is 31.0 Å². The van der Waals surface area contributed by atoms with Gasteiger partial charge in [0, 0.05) is 11.3 Å². The van der Waals surface area contributed by atoms with Crippen LogP contribution in [0.3, 0.4) is 0 Å². The molecule has 2 N–H and O–H groups in total. The van der Waals surface area contributed by atoms with Crippen molar-refractivity contribution in [2.75, 3.05) is 5.32 Å². The number of aromatic nitrogens is 4. The van der Waals surface area contributed by atoms with Gasteiger partial charge in [-0.05, 0) is 36.4 Å². The molecule has 1 fully saturated rings. The molecule has 0 unspecified atom stereocenters. The van der Waals surface area contributed by atoms with Crippen LogP contribution in [0.25, 0.3) is 21.7 Å². The number of thiophene rings is 1. The fourth-order valence-electron chi connectivity index (χ4n) is 3.38. The van der Waals surface area contributed by atoms with Crippen molar-refractivity contribution in [3.63, 3.8) is 0 Å². The van der Waals surface area contributed by atoms with E-state index in [1.807, 2.05) is 30.0 Å². The van der Waals surface area contributed by atoms with E-state index in [0.29, 0.717) is 11.1 Å². The van der Waals surface area contributed by atoms with Crippen molar-refractivity contribution in [2.24, 2.45) is 0 Å². The molecule has 6 nitrogen and oxygen atoms in total. The SMILES string of the molecule is c1coc(-c2cc(Nc3nc(SC4CCCCC4)nc4ccsc34)n[nH]2)c1. The van der Waals surface area contributed by atoms with Gasteiger partial charge in [-0.15, -0.1) is 11.3 Å². The number of nitrogens with one attached hydrogen (secondary N) is 2. The molecule has 0 bridgehead atoms. The minimum Gasteiger partial charge on any atom is -0.463 e. The van der Waals surface area contributed by atoms with Gasteiger partial charge in [-0.2, -0.15) is 5.10 Å². The van der Waals surface area contributed by atoms with E-state index in [0.717, 1.165) is 32.6 Å². The minimum atomic E-state index is 0.624. The van der Waals surface area contributed by atoms with Gasteiger partial charge in [-0.3, -0.25) is 5.10 Å². The monoisotopic (exact) mass is 397 g/mol. The molecule has 5 rings (SSSR count). The molecule has 0 radical (unpaired) electrons. The van der Waals surface area contributed by atoms with Gasteiger partial charge < -0.3 is 9.73 Å². The maximum absolute atomic E-state index is 5.42. The van der Waals surface area contributed by atoms with Crippen molar-refractivity contribution in [1.29, 1.82) is 0 Å². The molecule has 0 saturated heterocycles. The van der Waals surface area contributed by atoms with Crippen molar-refractivity contribution in [1.82, 2.24) is 20.2 Å². The predicted octanol–water partition coefficient (Wildman–Crippen LogP) is 5.84. The highest BCUT2D eigenvalue weighted by Crippen LogP contribution is 2.35. The Bertz CT molecular complexity index is 1030. The summed E-state index contributed by atoms with van der Waals surface area (Å²) in [5.41, 5.74) is 1.81. The van der Waals surface area contributed by atoms with Crippen LogP contribution in [-0.2, 0) is 0 Å². The zero-order valence-electron chi connectivity index (χ0n) is 14.6. The summed E-state index contributed by atoms with van der Waals surface area (Å²) in [6.45, 7) is 0. The highest BCUT2D eigenvalue weighted by Gasteiger charge is 2.18. The zero-order chi connectivity index (χ0) is 18.1. The Morgan fingerprint density at radius 3 is 2.96 bits per heavy atom. The number of thioether (sulfide) groups is 1. The molecule has 0 amide bonds. The first-order valence-electron chi connectivity index (χ1n) is 9.13. The number of H-pyrrole nitrogens is 1. The summed E-state index contributed by atoms with van der Waals surface area (Å²) in [5, 5.41) is 14.2. The first-order valence-corrected chi connectivity index (χ1v) is 10.9. The molecular formula is C19H19N5OS2. The van der Waals surface area contributed by atoms with Crippen LogP contribution in [0.1, 0.15) is 32.1 Å². The lowest BCUT2D eigenvalue weighted by molar-refractivity contribution is 0.515. The van der Waals surface area contributed by atoms with Crippen LogP contribution >= 0.6 is 23.1 Å². The molecule has 0 spiro atoms. The lowest BCUT2D eigenvalue weighted by Gasteiger charge is -2.20. The van der Waals surface area contributed by atoms with E-state index in [1.165, 1.54) is 32.1 Å². The normalized spacial score (nSPS) is 15.4. The van der Waals surface area contributed by atoms with Crippen molar-refractivity contribution < 1.29 is 4.42 Å². The second-order valence-corrected chi connectivity index (χ2v) is 8.82. The number of anilines is 2. The first-order chi connectivity index (χ1) is 13.3. The molecule has 1 aliphatic rings. The van der Waals surface area contributed by atoms with Gasteiger partial charge in [0.25, 0.3) is 0 Å². The van der Waals surface area contributed by atoms with Crippen LogP contribution in [0.4, 0.5) is 11.6 Å². The lowest BCUT2D eigenvalue weighted by atomic mass is 10.0. The topological polar surface area (TPSA) is 79.6 Å². The summed E-state index contributed by atoms with van der Waals surface area (Å²) in [6.07, 6.45) is 8.14. The van der Waals surface area contributed by atoms with E-state index >= 15 is 0 Å². The van der Waals surface area contributed by atoms with Crippen molar-refractivity contribution in [3.05, 3.63) is 35.9 Å². The predicted molar refractivity (Wildman–Crippen MR) is 110 cm³/mol. The minimum absolute atomic E-state index is 0.624. The molecule has 0 aromatic carbocycles. The van der Waals surface area contributed by atoms with Gasteiger partial charge in [-0.25, -0.2) is 9.97 Å². The fourth-order valence-corrected chi connectivity index (χ4v) is 5.31. The Hall–Kier alpha value is -2.32. The second kappa shape index (κ2) is 7.36. The number of aromatic amines is 1. The Kier molecular flexibility index (Phi) is 4.59. The molecule has 0 atom stereocenters. The van der Waals surface area contributed by atoms with Gasteiger partial charge in [0.05, 0.1) is 16.5 Å². The van der Waals surface area contributed by atoms with E-state index in [9.17, 15) is 0 Å². The van der Waals surface area contributed by atoms with Crippen LogP contribution < -0.4 is 5.32 Å². The largest absolute Gasteiger partial charge is 0.463 e. The van der Waals surface area contributed by atoms with Crippen LogP contribution in [-0.4, -0.2) is 25.4 Å². The maximum atomic E-state index is 5.42. The average Bonchev–Trinajstić information content (AvgIpc) is 3.44. The van der Waals surface area contributed by atoms with Gasteiger partial charge in [0.1, 0.15) is 5.69 Å². The van der Waals surface area contributed by atoms with Gasteiger partial charge in [0.15, 0.2) is 22.6 Å². The van der Waals surface area contributed by atoms with E-state index in [4.69, 9.17) is 14.4 Å². The number of nitrogens with zero attached hydrogens (tertiary/aromatic N) is 3. The highest BCUT2D eigenvalue weighted by atomic mass is 32.2. The van der Waals surface area contributed by atoms with Crippen molar-refractivity contribution >= 4 is 45.0 Å². The Morgan fingerprint density at radius 2 is 2.11 bits per heavy atom. The quantitative estimate of drug-likeness (QED) is 0.412. The highest BCUT2D eigenvalue weighted by molar-refractivity contribution is 7.99. The van der Waals surface area contributed by atoms with Crippen LogP contribution in [0, 0.1) is 0 Å². The molecule has 27 heavy (non-hydrogen) atoms. The number of hydrogen-bond donors (Lipinski definition) is 2. The van der Waals surface area contributed by atoms with Crippen molar-refractivity contribution in [3.8, 4) is 11.5 Å². The summed E-state index contributed by atoms with van der Waals surface area (Å²) in [7, 11) is 0. The summed E-state index contributed by atoms with van der Waals surface area (Å²) in [5.74, 6) is 2.28. The van der Waals surface area contributed by atoms with Crippen molar-refractivity contribution in [2.45, 2.75) is 42.5 Å². The molecule has 4 aromatic rings. The van der Waals surface area contributed by atoms with Crippen LogP contribution in [0.5, 0.6) is 0 Å². The summed E-state index contributed by atoms with van der Waals surface area (Å²) >= 11 is 3.45. The Morgan fingerprint density at radius 1 is 1.19 bits per heavy atom. The number of rotatable bonds is 5. The zero-order valence-corrected chi connectivity index (χ0v) is 16.3. The lowest BCUT2D eigenvalue weighted by Crippen LogP contribution is -2.09. The van der Waals surface area contributed by atoms with Crippen LogP contribution in [0.2, 0.25) is 0 Å². The second-order valence-electron chi connectivity index (χ2n) is 6.64. The molecule has 4 heterocycles. The summed E-state index contributed by atoms with van der Waals surface area (Å²) < 4.78 is 6.47. The molecule has 138 valence electrons. The first kappa shape index (κ1) is 16.8. The molecule has 8 heteroatoms. The van der Waals surface area contributed by atoms with E-state index in [1.54, 1.807) is 17.6 Å². The number of fused-ring (bicyclic) bond motifs is 1. The third-order valence-corrected chi connectivity index (χ3v) is 6.83. The molecular weight excluding hydrogens is 378 g/mol. The van der Waals surface area contributed by atoms with E-state index in [2.05, 4.69) is 27.0 Å². The van der Waals surface area contributed by atoms with Gasteiger partial charge in [0.2, 0.25) is 0 Å². The standard InChI is InChI=1S/C19H19N5OS2/c1-2-5-12(6-3-1)27-19-20-13-8-10-26-17(13)18(22-19)21-16-11-14(23-24-16)15-7-4-9-25-15/h4,7-12H,1-3,5-6H2,(H2,20,21,22,23,24). The molecule has 4 aromatic heterocycles. The fraction of sp³-hybridized carbons (Fsp3) is 0.316. The number of hydrogen-bond acceptors (Lipinski definition) is 7. The average molecular weight is 398 g/mol. The summed E-state index contributed by atoms with van der Waals surface area (Å²) in [6, 6.07) is 7.74. The van der Waals surface area contributed by atoms with E-state index in [-0.39, 0.29) is 0 Å². The maximum Gasteiger partial charge on any atom is 0.190 e. The third kappa shape index (κ3) is 3.59. The third-order valence-electron chi connectivity index (χ3n) is 4.72. The van der Waals surface area contributed by atoms with Gasteiger partial charge >= 0.3 is 0 Å². The Balaban J connectivity index is 1.42. The molecule has 0 aliphatic heterocycles. The van der Waals surface area contributed by atoms with Crippen LogP contribution in [0.15, 0.2) is 45.5 Å².